The molecule has 0 saturated carbocycles. The van der Waals surface area contributed by atoms with Crippen molar-refractivity contribution in [1.82, 2.24) is 19.7 Å². The maximum absolute atomic E-state index is 13.4. The lowest BCUT2D eigenvalue weighted by Gasteiger charge is -2.16. The second kappa shape index (κ2) is 10.2. The van der Waals surface area contributed by atoms with Crippen LogP contribution in [0.2, 0.25) is 5.02 Å². The Balaban J connectivity index is 1.26. The fourth-order valence-corrected chi connectivity index (χ4v) is 6.14. The Hall–Kier alpha value is -3.82. The molecular formula is C28H23ClFN5O2S. The summed E-state index contributed by atoms with van der Waals surface area (Å²) in [5.41, 5.74) is 4.82. The second-order valence-corrected chi connectivity index (χ2v) is 10.5. The predicted molar refractivity (Wildman–Crippen MR) is 147 cm³/mol. The van der Waals surface area contributed by atoms with Crippen molar-refractivity contribution in [2.24, 2.45) is 0 Å². The summed E-state index contributed by atoms with van der Waals surface area (Å²) >= 11 is 8.12. The highest BCUT2D eigenvalue weighted by molar-refractivity contribution is 7.22. The number of nitrogens with zero attached hydrogens (tertiary/aromatic N) is 4. The van der Waals surface area contributed by atoms with Crippen LogP contribution in [0.5, 0.6) is 5.75 Å². The van der Waals surface area contributed by atoms with Crippen LogP contribution in [0.1, 0.15) is 30.2 Å². The number of aromatic nitrogens is 4. The SMILES string of the molecule is CCC(=O)Cn1ncc2c1CCc1c-2sc2ncnc(Nc3ccc(OCc4cccc(F)c4)c(Cl)c3)c12. The first kappa shape index (κ1) is 24.5. The highest BCUT2D eigenvalue weighted by Gasteiger charge is 2.27. The van der Waals surface area contributed by atoms with Gasteiger partial charge in [-0.15, -0.1) is 11.3 Å². The standard InChI is InChI=1S/C28H23ClFN5O2S/c1-2-19(36)13-35-23-8-7-20-25-27(31-15-32-28(25)38-26(20)21(23)12-33-35)34-18-6-9-24(22(29)11-18)37-14-16-4-3-5-17(30)10-16/h3-6,9-12,15H,2,7-8,13-14H2,1H3,(H,31,32,34). The van der Waals surface area contributed by atoms with Crippen LogP contribution in [0.15, 0.2) is 55.0 Å². The highest BCUT2D eigenvalue weighted by atomic mass is 35.5. The van der Waals surface area contributed by atoms with Crippen molar-refractivity contribution < 1.29 is 13.9 Å². The van der Waals surface area contributed by atoms with Crippen molar-refractivity contribution >= 4 is 50.4 Å². The maximum Gasteiger partial charge on any atom is 0.154 e. The number of benzene rings is 2. The second-order valence-electron chi connectivity index (χ2n) is 9.06. The Labute approximate surface area is 227 Å². The average Bonchev–Trinajstić information content (AvgIpc) is 3.50. The Morgan fingerprint density at radius 3 is 2.92 bits per heavy atom. The van der Waals surface area contributed by atoms with Gasteiger partial charge in [-0.25, -0.2) is 14.4 Å². The van der Waals surface area contributed by atoms with Crippen LogP contribution in [0.3, 0.4) is 0 Å². The van der Waals surface area contributed by atoms with E-state index in [-0.39, 0.29) is 18.2 Å². The molecule has 0 fully saturated rings. The van der Waals surface area contributed by atoms with E-state index in [1.165, 1.54) is 17.7 Å². The van der Waals surface area contributed by atoms with Crippen LogP contribution in [0.25, 0.3) is 20.7 Å². The van der Waals surface area contributed by atoms with Gasteiger partial charge in [0.25, 0.3) is 0 Å². The van der Waals surface area contributed by atoms with E-state index < -0.39 is 0 Å². The van der Waals surface area contributed by atoms with Gasteiger partial charge in [0.05, 0.1) is 23.2 Å². The molecule has 5 aromatic rings. The number of hydrogen-bond acceptors (Lipinski definition) is 7. The van der Waals surface area contributed by atoms with E-state index >= 15 is 0 Å². The van der Waals surface area contributed by atoms with Crippen molar-refractivity contribution in [2.75, 3.05) is 5.32 Å². The third-order valence-electron chi connectivity index (χ3n) is 6.59. The van der Waals surface area contributed by atoms with Gasteiger partial charge in [-0.1, -0.05) is 30.7 Å². The summed E-state index contributed by atoms with van der Waals surface area (Å²) in [6.45, 7) is 2.39. The van der Waals surface area contributed by atoms with E-state index in [0.717, 1.165) is 50.4 Å². The van der Waals surface area contributed by atoms with E-state index in [0.29, 0.717) is 29.6 Å². The number of anilines is 2. The molecule has 192 valence electrons. The lowest BCUT2D eigenvalue weighted by molar-refractivity contribution is -0.119. The van der Waals surface area contributed by atoms with E-state index in [9.17, 15) is 9.18 Å². The third kappa shape index (κ3) is 4.63. The Bertz CT molecular complexity index is 1680. The zero-order valence-corrected chi connectivity index (χ0v) is 22.1. The number of carbonyl (C=O) groups is 1. The molecule has 0 aliphatic heterocycles. The topological polar surface area (TPSA) is 81.9 Å². The lowest BCUT2D eigenvalue weighted by Crippen LogP contribution is -2.15. The minimum Gasteiger partial charge on any atom is -0.487 e. The number of carbonyl (C=O) groups excluding carboxylic acids is 1. The molecule has 10 heteroatoms. The third-order valence-corrected chi connectivity index (χ3v) is 8.06. The molecule has 38 heavy (non-hydrogen) atoms. The summed E-state index contributed by atoms with van der Waals surface area (Å²) in [6.07, 6.45) is 5.51. The molecule has 7 nitrogen and oxygen atoms in total. The van der Waals surface area contributed by atoms with Crippen LogP contribution < -0.4 is 10.1 Å². The number of ketones is 1. The van der Waals surface area contributed by atoms with E-state index in [1.807, 2.05) is 23.9 Å². The summed E-state index contributed by atoms with van der Waals surface area (Å²) in [6, 6.07) is 11.7. The molecule has 0 amide bonds. The zero-order chi connectivity index (χ0) is 26.2. The fraction of sp³-hybridized carbons (Fsp3) is 0.214. The first-order chi connectivity index (χ1) is 18.5. The molecule has 3 aromatic heterocycles. The number of Topliss-reactive ketones (excluding diaryl/α,β-unsaturated/α-hetero) is 1. The van der Waals surface area contributed by atoms with Gasteiger partial charge >= 0.3 is 0 Å². The molecule has 1 aliphatic carbocycles. The summed E-state index contributed by atoms with van der Waals surface area (Å²) in [5, 5.41) is 9.32. The van der Waals surface area contributed by atoms with Gasteiger partial charge < -0.3 is 10.1 Å². The largest absolute Gasteiger partial charge is 0.487 e. The minimum atomic E-state index is -0.305. The van der Waals surface area contributed by atoms with Gasteiger partial charge in [0, 0.05) is 28.2 Å². The average molecular weight is 548 g/mol. The number of nitrogens with one attached hydrogen (secondary N) is 1. The molecule has 1 aliphatic rings. The Morgan fingerprint density at radius 1 is 1.21 bits per heavy atom. The molecule has 6 rings (SSSR count). The quantitative estimate of drug-likeness (QED) is 0.231. The number of halogens is 2. The van der Waals surface area contributed by atoms with Crippen LogP contribution in [-0.4, -0.2) is 25.5 Å². The van der Waals surface area contributed by atoms with Gasteiger partial charge in [-0.2, -0.15) is 5.10 Å². The van der Waals surface area contributed by atoms with Crippen LogP contribution in [0, 0.1) is 5.82 Å². The normalized spacial score (nSPS) is 12.3. The molecule has 0 unspecified atom stereocenters. The van der Waals surface area contributed by atoms with Crippen molar-refractivity contribution in [2.45, 2.75) is 39.3 Å². The van der Waals surface area contributed by atoms with Gasteiger partial charge in [-0.3, -0.25) is 9.48 Å². The first-order valence-corrected chi connectivity index (χ1v) is 13.5. The Kier molecular flexibility index (Phi) is 6.55. The van der Waals surface area contributed by atoms with Crippen LogP contribution in [-0.2, 0) is 30.8 Å². The van der Waals surface area contributed by atoms with Gasteiger partial charge in [-0.05, 0) is 54.3 Å². The van der Waals surface area contributed by atoms with E-state index in [2.05, 4.69) is 20.4 Å². The summed E-state index contributed by atoms with van der Waals surface area (Å²) in [4.78, 5) is 23.1. The van der Waals surface area contributed by atoms with Crippen molar-refractivity contribution in [1.29, 1.82) is 0 Å². The molecular weight excluding hydrogens is 525 g/mol. The lowest BCUT2D eigenvalue weighted by atomic mass is 9.95. The summed E-state index contributed by atoms with van der Waals surface area (Å²) in [7, 11) is 0. The molecule has 0 bridgehead atoms. The number of hydrogen-bond donors (Lipinski definition) is 1. The zero-order valence-electron chi connectivity index (χ0n) is 20.5. The van der Waals surface area contributed by atoms with Crippen molar-refractivity contribution in [3.05, 3.63) is 82.6 Å². The maximum atomic E-state index is 13.4. The number of aryl methyl sites for hydroxylation is 1. The van der Waals surface area contributed by atoms with Gasteiger partial charge in [0.15, 0.2) is 5.78 Å². The molecule has 0 spiro atoms. The number of fused-ring (bicyclic) bond motifs is 5. The van der Waals surface area contributed by atoms with Crippen LogP contribution >= 0.6 is 22.9 Å². The summed E-state index contributed by atoms with van der Waals surface area (Å²) in [5.74, 6) is 1.07. The van der Waals surface area contributed by atoms with Crippen molar-refractivity contribution in [3.8, 4) is 16.2 Å². The monoisotopic (exact) mass is 547 g/mol. The molecule has 3 heterocycles. The van der Waals surface area contributed by atoms with E-state index in [4.69, 9.17) is 16.3 Å². The summed E-state index contributed by atoms with van der Waals surface area (Å²) < 4.78 is 21.1. The molecule has 1 N–H and O–H groups in total. The molecule has 0 radical (unpaired) electrons. The van der Waals surface area contributed by atoms with Crippen LogP contribution in [0.4, 0.5) is 15.9 Å². The first-order valence-electron chi connectivity index (χ1n) is 12.3. The molecule has 0 saturated heterocycles. The number of ether oxygens (including phenoxy) is 1. The smallest absolute Gasteiger partial charge is 0.154 e. The van der Waals surface area contributed by atoms with Gasteiger partial charge in [0.2, 0.25) is 0 Å². The Morgan fingerprint density at radius 2 is 2.11 bits per heavy atom. The molecule has 0 atom stereocenters. The predicted octanol–water partition coefficient (Wildman–Crippen LogP) is 6.75. The van der Waals surface area contributed by atoms with Crippen molar-refractivity contribution in [3.63, 3.8) is 0 Å². The van der Waals surface area contributed by atoms with E-state index in [1.54, 1.807) is 41.9 Å². The van der Waals surface area contributed by atoms with Gasteiger partial charge in [0.1, 0.15) is 35.1 Å². The molecule has 2 aromatic carbocycles. The number of rotatable bonds is 8. The number of thiophene rings is 1. The highest BCUT2D eigenvalue weighted by Crippen LogP contribution is 2.45. The minimum absolute atomic E-state index is 0.166. The fourth-order valence-electron chi connectivity index (χ4n) is 4.68.